The molecule has 0 aliphatic rings. The van der Waals surface area contributed by atoms with E-state index in [9.17, 15) is 18.0 Å². The first-order chi connectivity index (χ1) is 15.8. The van der Waals surface area contributed by atoms with E-state index >= 15 is 0 Å². The number of benzene rings is 1. The highest BCUT2D eigenvalue weighted by atomic mass is 35.5. The number of hydrogen-bond acceptors (Lipinski definition) is 6. The fourth-order valence-electron chi connectivity index (χ4n) is 3.25. The number of rotatable bonds is 13. The summed E-state index contributed by atoms with van der Waals surface area (Å²) in [4.78, 5) is 28.0. The molecule has 2 aromatic rings. The summed E-state index contributed by atoms with van der Waals surface area (Å²) in [7, 11) is -3.60. The molecule has 2 N–H and O–H groups in total. The predicted octanol–water partition coefficient (Wildman–Crippen LogP) is 3.25. The van der Waals surface area contributed by atoms with Crippen LogP contribution in [0.4, 0.5) is 0 Å². The molecular formula is C23H30ClN3O5S. The van der Waals surface area contributed by atoms with E-state index in [0.29, 0.717) is 30.7 Å². The van der Waals surface area contributed by atoms with Gasteiger partial charge >= 0.3 is 11.9 Å². The van der Waals surface area contributed by atoms with Gasteiger partial charge in [0, 0.05) is 30.0 Å². The van der Waals surface area contributed by atoms with E-state index in [0.717, 1.165) is 18.4 Å². The molecule has 0 saturated heterocycles. The van der Waals surface area contributed by atoms with Crippen molar-refractivity contribution in [3.8, 4) is 0 Å². The lowest BCUT2D eigenvalue weighted by Gasteiger charge is -2.18. The van der Waals surface area contributed by atoms with Crippen LogP contribution in [0.5, 0.6) is 0 Å². The van der Waals surface area contributed by atoms with Gasteiger partial charge < -0.3 is 10.1 Å². The number of pyridine rings is 1. The Kier molecular flexibility index (Phi) is 11.3. The fraction of sp³-hybridized carbons (Fsp3) is 0.435. The Morgan fingerprint density at radius 1 is 1.09 bits per heavy atom. The number of nitrogens with zero attached hydrogens (tertiary/aromatic N) is 1. The maximum absolute atomic E-state index is 12.3. The number of ether oxygens (including phenoxy) is 1. The molecule has 0 saturated carbocycles. The molecule has 1 atom stereocenters. The van der Waals surface area contributed by atoms with Crippen LogP contribution >= 0.6 is 11.6 Å². The van der Waals surface area contributed by atoms with Gasteiger partial charge in [0.05, 0.1) is 11.5 Å². The minimum absolute atomic E-state index is 0.131. The first kappa shape index (κ1) is 26.8. The van der Waals surface area contributed by atoms with Crippen LogP contribution in [0.1, 0.15) is 44.6 Å². The molecule has 0 aliphatic heterocycles. The number of aromatic nitrogens is 1. The molecule has 0 bridgehead atoms. The smallest absolute Gasteiger partial charge is 0.396 e. The number of halogens is 1. The van der Waals surface area contributed by atoms with E-state index < -0.39 is 21.9 Å². The van der Waals surface area contributed by atoms with E-state index in [-0.39, 0.29) is 24.1 Å². The van der Waals surface area contributed by atoms with Crippen molar-refractivity contribution in [2.24, 2.45) is 0 Å². The standard InChI is InChI=1S/C23H30ClN3O5S/c1-2-32-23(29)22(28)27-20(10-5-7-18-8-6-15-25-17-18)9-3-4-16-26-33(30,31)21-13-11-19(24)12-14-21/h6,8,11-15,17,20,26H,2-5,7,9-10,16H2,1H3,(H,27,28). The van der Waals surface area contributed by atoms with Crippen LogP contribution in [-0.4, -0.2) is 44.5 Å². The highest BCUT2D eigenvalue weighted by Gasteiger charge is 2.19. The summed E-state index contributed by atoms with van der Waals surface area (Å²) in [6, 6.07) is 9.61. The second kappa shape index (κ2) is 13.9. The zero-order valence-electron chi connectivity index (χ0n) is 18.6. The van der Waals surface area contributed by atoms with E-state index in [4.69, 9.17) is 16.3 Å². The average Bonchev–Trinajstić information content (AvgIpc) is 2.79. The van der Waals surface area contributed by atoms with Gasteiger partial charge in [-0.1, -0.05) is 24.1 Å². The SMILES string of the molecule is CCOC(=O)C(=O)NC(CCCCNS(=O)(=O)c1ccc(Cl)cc1)CCCc1cccnc1. The molecule has 0 radical (unpaired) electrons. The first-order valence-electron chi connectivity index (χ1n) is 10.9. The van der Waals surface area contributed by atoms with Crippen molar-refractivity contribution in [2.45, 2.75) is 56.4 Å². The molecule has 180 valence electrons. The molecule has 0 fully saturated rings. The predicted molar refractivity (Wildman–Crippen MR) is 126 cm³/mol. The lowest BCUT2D eigenvalue weighted by atomic mass is 10.0. The zero-order valence-corrected chi connectivity index (χ0v) is 20.2. The van der Waals surface area contributed by atoms with E-state index in [1.165, 1.54) is 24.3 Å². The molecule has 1 unspecified atom stereocenters. The Morgan fingerprint density at radius 2 is 1.82 bits per heavy atom. The number of esters is 1. The Hall–Kier alpha value is -2.49. The Morgan fingerprint density at radius 3 is 2.48 bits per heavy atom. The molecule has 0 spiro atoms. The van der Waals surface area contributed by atoms with Gasteiger partial charge in [-0.2, -0.15) is 0 Å². The van der Waals surface area contributed by atoms with Crippen LogP contribution in [0.25, 0.3) is 0 Å². The highest BCUT2D eigenvalue weighted by molar-refractivity contribution is 7.89. The van der Waals surface area contributed by atoms with E-state index in [1.54, 1.807) is 19.3 Å². The van der Waals surface area contributed by atoms with Crippen LogP contribution in [-0.2, 0) is 30.8 Å². The van der Waals surface area contributed by atoms with Gasteiger partial charge in [0.15, 0.2) is 0 Å². The van der Waals surface area contributed by atoms with E-state index in [1.807, 2.05) is 12.1 Å². The van der Waals surface area contributed by atoms with Gasteiger partial charge in [0.25, 0.3) is 0 Å². The molecule has 1 aromatic carbocycles. The number of unbranched alkanes of at least 4 members (excludes halogenated alkanes) is 1. The van der Waals surface area contributed by atoms with Crippen LogP contribution in [0.15, 0.2) is 53.7 Å². The van der Waals surface area contributed by atoms with Crippen molar-refractivity contribution in [3.63, 3.8) is 0 Å². The third kappa shape index (κ3) is 9.89. The van der Waals surface area contributed by atoms with Crippen LogP contribution in [0, 0.1) is 0 Å². The summed E-state index contributed by atoms with van der Waals surface area (Å²) in [6.45, 7) is 2.03. The Labute approximate surface area is 200 Å². The molecular weight excluding hydrogens is 466 g/mol. The van der Waals surface area contributed by atoms with Crippen LogP contribution in [0.3, 0.4) is 0 Å². The van der Waals surface area contributed by atoms with Crippen LogP contribution < -0.4 is 10.0 Å². The number of nitrogens with one attached hydrogen (secondary N) is 2. The van der Waals surface area contributed by atoms with E-state index in [2.05, 4.69) is 15.0 Å². The number of hydrogen-bond donors (Lipinski definition) is 2. The van der Waals surface area contributed by atoms with Crippen LogP contribution in [0.2, 0.25) is 5.02 Å². The lowest BCUT2D eigenvalue weighted by Crippen LogP contribution is -2.40. The number of aryl methyl sites for hydroxylation is 1. The van der Waals surface area contributed by atoms with Crippen molar-refractivity contribution in [1.82, 2.24) is 15.0 Å². The van der Waals surface area contributed by atoms with Crippen molar-refractivity contribution < 1.29 is 22.7 Å². The Bertz CT molecular complexity index is 985. The number of carbonyl (C=O) groups excluding carboxylic acids is 2. The minimum Gasteiger partial charge on any atom is -0.459 e. The maximum atomic E-state index is 12.3. The van der Waals surface area contributed by atoms with Gasteiger partial charge in [-0.25, -0.2) is 17.9 Å². The minimum atomic E-state index is -3.60. The van der Waals surface area contributed by atoms with Gasteiger partial charge in [-0.05, 0) is 74.9 Å². The topological polar surface area (TPSA) is 114 Å². The molecule has 1 heterocycles. The number of amides is 1. The Balaban J connectivity index is 1.81. The monoisotopic (exact) mass is 495 g/mol. The molecule has 8 nitrogen and oxygen atoms in total. The number of carbonyl (C=O) groups is 2. The molecule has 0 aliphatic carbocycles. The fourth-order valence-corrected chi connectivity index (χ4v) is 4.45. The molecule has 33 heavy (non-hydrogen) atoms. The second-order valence-corrected chi connectivity index (χ2v) is 9.70. The van der Waals surface area contributed by atoms with Gasteiger partial charge in [0.1, 0.15) is 0 Å². The quantitative estimate of drug-likeness (QED) is 0.250. The van der Waals surface area contributed by atoms with Gasteiger partial charge in [0.2, 0.25) is 10.0 Å². The third-order valence-corrected chi connectivity index (χ3v) is 6.66. The first-order valence-corrected chi connectivity index (χ1v) is 12.8. The maximum Gasteiger partial charge on any atom is 0.396 e. The molecule has 1 amide bonds. The number of sulfonamides is 1. The van der Waals surface area contributed by atoms with Crippen molar-refractivity contribution in [1.29, 1.82) is 0 Å². The third-order valence-electron chi connectivity index (χ3n) is 4.93. The summed E-state index contributed by atoms with van der Waals surface area (Å²) in [6.07, 6.45) is 7.68. The highest BCUT2D eigenvalue weighted by Crippen LogP contribution is 2.14. The normalized spacial score (nSPS) is 12.2. The molecule has 2 rings (SSSR count). The van der Waals surface area contributed by atoms with Crippen molar-refractivity contribution in [2.75, 3.05) is 13.2 Å². The van der Waals surface area contributed by atoms with Crippen molar-refractivity contribution in [3.05, 3.63) is 59.4 Å². The van der Waals surface area contributed by atoms with Gasteiger partial charge in [-0.15, -0.1) is 0 Å². The summed E-state index contributed by atoms with van der Waals surface area (Å²) < 4.78 is 32.0. The van der Waals surface area contributed by atoms with Gasteiger partial charge in [-0.3, -0.25) is 9.78 Å². The largest absolute Gasteiger partial charge is 0.459 e. The summed E-state index contributed by atoms with van der Waals surface area (Å²) in [5.41, 5.74) is 1.10. The summed E-state index contributed by atoms with van der Waals surface area (Å²) in [5, 5.41) is 3.21. The summed E-state index contributed by atoms with van der Waals surface area (Å²) in [5.74, 6) is -1.66. The van der Waals surface area contributed by atoms with Crippen molar-refractivity contribution >= 4 is 33.5 Å². The molecule has 1 aromatic heterocycles. The zero-order chi connectivity index (χ0) is 24.1. The average molecular weight is 496 g/mol. The lowest BCUT2D eigenvalue weighted by molar-refractivity contribution is -0.154. The second-order valence-electron chi connectivity index (χ2n) is 7.49. The summed E-state index contributed by atoms with van der Waals surface area (Å²) >= 11 is 5.80. The molecule has 10 heteroatoms.